The van der Waals surface area contributed by atoms with Crippen LogP contribution >= 0.6 is 0 Å². The van der Waals surface area contributed by atoms with Crippen LogP contribution in [0.3, 0.4) is 0 Å². The van der Waals surface area contributed by atoms with Gasteiger partial charge in [-0.1, -0.05) is 0 Å². The van der Waals surface area contributed by atoms with Crippen LogP contribution in [0.2, 0.25) is 0 Å². The van der Waals surface area contributed by atoms with Crippen LogP contribution in [0.4, 0.5) is 17.6 Å². The molecule has 0 bridgehead atoms. The van der Waals surface area contributed by atoms with Gasteiger partial charge in [-0.25, -0.2) is 0 Å². The minimum absolute atomic E-state index is 0. The molecule has 0 aromatic carbocycles. The summed E-state index contributed by atoms with van der Waals surface area (Å²) in [5.74, 6) is 0. The van der Waals surface area contributed by atoms with Crippen LogP contribution in [-0.4, -0.2) is 0 Å². The first kappa shape index (κ1) is 10.1. The second kappa shape index (κ2) is 4.15. The van der Waals surface area contributed by atoms with Gasteiger partial charge in [-0.15, -0.1) is 0 Å². The van der Waals surface area contributed by atoms with Gasteiger partial charge in [0.1, 0.15) is 0 Å². The van der Waals surface area contributed by atoms with Crippen molar-refractivity contribution >= 4 is 0 Å². The quantitative estimate of drug-likeness (QED) is 0.379. The summed E-state index contributed by atoms with van der Waals surface area (Å²) in [7, 11) is 0. The van der Waals surface area contributed by atoms with Crippen molar-refractivity contribution in [1.29, 1.82) is 0 Å². The molecule has 0 saturated carbocycles. The summed E-state index contributed by atoms with van der Waals surface area (Å²) in [6, 6.07) is 0. The molecule has 7 heavy (non-hydrogen) atoms. The summed E-state index contributed by atoms with van der Waals surface area (Å²) in [5, 5.41) is 0. The number of halogens is 4. The third kappa shape index (κ3) is 5.98. The van der Waals surface area contributed by atoms with E-state index in [0.29, 0.717) is 0 Å². The predicted octanol–water partition coefficient (Wildman–Crippen LogP) is 1.99. The van der Waals surface area contributed by atoms with E-state index in [1.165, 1.54) is 0 Å². The monoisotopic (exact) mass is 163 g/mol. The van der Waals surface area contributed by atoms with Crippen LogP contribution in [0.5, 0.6) is 0 Å². The molecule has 0 aliphatic rings. The first-order valence-electron chi connectivity index (χ1n) is 1.01. The van der Waals surface area contributed by atoms with Crippen LogP contribution < -0.4 is 0 Å². The molecule has 47 valence electrons. The molecule has 0 fully saturated rings. The molecule has 0 atom stereocenters. The Balaban J connectivity index is 0. The number of rotatable bonds is 0. The van der Waals surface area contributed by atoms with Crippen LogP contribution in [-0.2, 0) is 17.1 Å². The van der Waals surface area contributed by atoms with Crippen molar-refractivity contribution in [3.63, 3.8) is 0 Å². The van der Waals surface area contributed by atoms with Crippen molar-refractivity contribution in [2.45, 2.75) is 0 Å². The molecular formula is C2CuF4. The van der Waals surface area contributed by atoms with Gasteiger partial charge in [-0.3, -0.25) is 0 Å². The molecule has 0 rings (SSSR count). The minimum atomic E-state index is -2.91. The zero-order chi connectivity index (χ0) is 5.15. The minimum Gasteiger partial charge on any atom is -0.167 e. The Labute approximate surface area is 47.7 Å². The van der Waals surface area contributed by atoms with Gasteiger partial charge in [0.2, 0.25) is 0 Å². The van der Waals surface area contributed by atoms with Crippen LogP contribution in [0, 0.1) is 0 Å². The molecule has 0 aromatic heterocycles. The van der Waals surface area contributed by atoms with Gasteiger partial charge in [0.25, 0.3) is 0 Å². The van der Waals surface area contributed by atoms with E-state index in [-0.39, 0.29) is 17.1 Å². The van der Waals surface area contributed by atoms with Crippen molar-refractivity contribution in [3.8, 4) is 0 Å². The van der Waals surface area contributed by atoms with Crippen LogP contribution in [0.15, 0.2) is 12.2 Å². The van der Waals surface area contributed by atoms with Gasteiger partial charge < -0.3 is 0 Å². The molecule has 0 saturated heterocycles. The second-order valence-corrected chi connectivity index (χ2v) is 0.521. The summed E-state index contributed by atoms with van der Waals surface area (Å²) in [5.41, 5.74) is 0. The maximum absolute atomic E-state index is 10.3. The summed E-state index contributed by atoms with van der Waals surface area (Å²) in [6.07, 6.45) is -5.81. The molecule has 0 nitrogen and oxygen atoms in total. The Morgan fingerprint density at radius 1 is 0.714 bits per heavy atom. The molecule has 0 heterocycles. The van der Waals surface area contributed by atoms with Gasteiger partial charge in [0.15, 0.2) is 0 Å². The molecule has 1 radical (unpaired) electrons. The van der Waals surface area contributed by atoms with Crippen molar-refractivity contribution in [2.75, 3.05) is 0 Å². The summed E-state index contributed by atoms with van der Waals surface area (Å²) >= 11 is 0. The average Bonchev–Trinajstić information content (AvgIpc) is 1.36. The van der Waals surface area contributed by atoms with Gasteiger partial charge in [-0.2, -0.15) is 17.6 Å². The fourth-order valence-corrected chi connectivity index (χ4v) is 0. The van der Waals surface area contributed by atoms with Crippen molar-refractivity contribution in [3.05, 3.63) is 12.2 Å². The molecule has 0 aromatic rings. The van der Waals surface area contributed by atoms with Gasteiger partial charge in [0.05, 0.1) is 0 Å². The number of hydrogen-bond donors (Lipinski definition) is 0. The third-order valence-electron chi connectivity index (χ3n) is 0.143. The standard InChI is InChI=1S/C2F4.Cu/c3-1(4)2(5)6;. The van der Waals surface area contributed by atoms with Crippen molar-refractivity contribution in [2.24, 2.45) is 0 Å². The predicted molar refractivity (Wildman–Crippen MR) is 11.5 cm³/mol. The molecule has 5 heteroatoms. The largest absolute Gasteiger partial charge is 0.334 e. The molecule has 0 amide bonds. The zero-order valence-electron chi connectivity index (χ0n) is 2.81. The molecule has 0 aliphatic carbocycles. The van der Waals surface area contributed by atoms with E-state index in [0.717, 1.165) is 0 Å². The maximum Gasteiger partial charge on any atom is 0.334 e. The summed E-state index contributed by atoms with van der Waals surface area (Å²) < 4.78 is 41.1. The van der Waals surface area contributed by atoms with Crippen molar-refractivity contribution < 1.29 is 34.6 Å². The van der Waals surface area contributed by atoms with E-state index in [9.17, 15) is 17.6 Å². The third-order valence-corrected chi connectivity index (χ3v) is 0.143. The Kier molecular flexibility index (Phi) is 5.96. The van der Waals surface area contributed by atoms with Gasteiger partial charge in [0, 0.05) is 17.1 Å². The Morgan fingerprint density at radius 3 is 0.857 bits per heavy atom. The number of hydrogen-bond acceptors (Lipinski definition) is 0. The van der Waals surface area contributed by atoms with E-state index < -0.39 is 12.2 Å². The molecule has 0 spiro atoms. The van der Waals surface area contributed by atoms with Crippen LogP contribution in [0.1, 0.15) is 0 Å². The average molecular weight is 164 g/mol. The Morgan fingerprint density at radius 2 is 0.857 bits per heavy atom. The molecule has 0 aliphatic heterocycles. The molecule has 0 N–H and O–H groups in total. The van der Waals surface area contributed by atoms with E-state index in [1.54, 1.807) is 0 Å². The van der Waals surface area contributed by atoms with E-state index >= 15 is 0 Å². The Hall–Kier alpha value is -0.0205. The summed E-state index contributed by atoms with van der Waals surface area (Å²) in [6.45, 7) is 0. The topological polar surface area (TPSA) is 0 Å². The van der Waals surface area contributed by atoms with E-state index in [4.69, 9.17) is 0 Å². The van der Waals surface area contributed by atoms with Gasteiger partial charge in [-0.05, 0) is 0 Å². The smallest absolute Gasteiger partial charge is 0.167 e. The maximum atomic E-state index is 10.3. The Bertz CT molecular complexity index is 59.8. The fraction of sp³-hybridized carbons (Fsp3) is 0. The molecule has 0 unspecified atom stereocenters. The fourth-order valence-electron chi connectivity index (χ4n) is 0. The van der Waals surface area contributed by atoms with Gasteiger partial charge >= 0.3 is 12.2 Å². The SMILES string of the molecule is FC(F)=C(F)F.[Cu]. The summed E-state index contributed by atoms with van der Waals surface area (Å²) in [4.78, 5) is 0. The van der Waals surface area contributed by atoms with E-state index in [1.807, 2.05) is 0 Å². The van der Waals surface area contributed by atoms with E-state index in [2.05, 4.69) is 0 Å². The second-order valence-electron chi connectivity index (χ2n) is 0.521. The first-order valence-corrected chi connectivity index (χ1v) is 1.01. The van der Waals surface area contributed by atoms with Crippen molar-refractivity contribution in [1.82, 2.24) is 0 Å². The normalized spacial score (nSPS) is 6.86. The zero-order valence-corrected chi connectivity index (χ0v) is 3.76. The molecular weight excluding hydrogens is 164 g/mol. The van der Waals surface area contributed by atoms with Crippen LogP contribution in [0.25, 0.3) is 0 Å². The first-order chi connectivity index (χ1) is 2.64.